The molecule has 1 atom stereocenters. The van der Waals surface area contributed by atoms with Crippen molar-refractivity contribution in [3.8, 4) is 0 Å². The number of aryl methyl sites for hydroxylation is 2. The molecule has 0 radical (unpaired) electrons. The zero-order valence-electron chi connectivity index (χ0n) is 7.57. The van der Waals surface area contributed by atoms with Crippen LogP contribution in [-0.2, 0) is 4.79 Å². The van der Waals surface area contributed by atoms with Crippen LogP contribution in [0.1, 0.15) is 27.8 Å². The molecule has 0 aliphatic carbocycles. The summed E-state index contributed by atoms with van der Waals surface area (Å²) in [6.45, 7) is 3.83. The van der Waals surface area contributed by atoms with Crippen molar-refractivity contribution in [2.75, 3.05) is 0 Å². The number of aliphatic hydroxyl groups is 1. The van der Waals surface area contributed by atoms with Crippen LogP contribution in [0.3, 0.4) is 0 Å². The quantitative estimate of drug-likeness (QED) is 0.783. The molecule has 0 bridgehead atoms. The van der Waals surface area contributed by atoms with E-state index in [1.54, 1.807) is 11.3 Å². The van der Waals surface area contributed by atoms with Gasteiger partial charge in [0.25, 0.3) is 0 Å². The Labute approximate surface area is 80.6 Å². The largest absolute Gasteiger partial charge is 0.481 e. The molecular weight excluding hydrogens is 188 g/mol. The molecule has 0 saturated heterocycles. The number of thiophene rings is 1. The van der Waals surface area contributed by atoms with Gasteiger partial charge in [0.05, 0.1) is 12.5 Å². The van der Waals surface area contributed by atoms with Crippen molar-refractivity contribution in [2.24, 2.45) is 0 Å². The fourth-order valence-corrected chi connectivity index (χ4v) is 2.24. The third-order valence-corrected chi connectivity index (χ3v) is 2.79. The minimum Gasteiger partial charge on any atom is -0.481 e. The molecule has 72 valence electrons. The average molecular weight is 200 g/mol. The molecule has 0 saturated carbocycles. The minimum absolute atomic E-state index is 0.225. The van der Waals surface area contributed by atoms with E-state index in [9.17, 15) is 9.90 Å². The van der Waals surface area contributed by atoms with Gasteiger partial charge in [-0.3, -0.25) is 4.79 Å². The number of rotatable bonds is 3. The molecule has 0 aliphatic rings. The number of hydrogen-bond acceptors (Lipinski definition) is 3. The lowest BCUT2D eigenvalue weighted by molar-refractivity contribution is -0.139. The Bertz CT molecular complexity index is 317. The van der Waals surface area contributed by atoms with Crippen LogP contribution in [-0.4, -0.2) is 16.2 Å². The summed E-state index contributed by atoms with van der Waals surface area (Å²) in [6, 6.07) is 1.84. The summed E-state index contributed by atoms with van der Waals surface area (Å²) in [5, 5.41) is 18.0. The van der Waals surface area contributed by atoms with Crippen LogP contribution in [0, 0.1) is 13.8 Å². The van der Waals surface area contributed by atoms with Crippen molar-refractivity contribution < 1.29 is 15.0 Å². The molecule has 0 fully saturated rings. The van der Waals surface area contributed by atoms with Crippen molar-refractivity contribution in [1.82, 2.24) is 0 Å². The molecule has 0 aromatic carbocycles. The molecule has 1 rings (SSSR count). The lowest BCUT2D eigenvalue weighted by Crippen LogP contribution is -2.05. The zero-order chi connectivity index (χ0) is 10.0. The first-order valence-electron chi connectivity index (χ1n) is 3.97. The maximum atomic E-state index is 10.3. The van der Waals surface area contributed by atoms with Crippen LogP contribution >= 0.6 is 11.3 Å². The monoisotopic (exact) mass is 200 g/mol. The number of carboxylic acids is 1. The van der Waals surface area contributed by atoms with Crippen molar-refractivity contribution in [3.05, 3.63) is 21.4 Å². The molecular formula is C9H12O3S. The van der Waals surface area contributed by atoms with Gasteiger partial charge >= 0.3 is 5.97 Å². The number of hydrogen-bond donors (Lipinski definition) is 2. The Morgan fingerprint density at radius 1 is 1.62 bits per heavy atom. The summed E-state index contributed by atoms with van der Waals surface area (Å²) in [6.07, 6.45) is -1.10. The minimum atomic E-state index is -0.976. The predicted octanol–water partition coefficient (Wildman–Crippen LogP) is 1.87. The molecule has 2 N–H and O–H groups in total. The van der Waals surface area contributed by atoms with E-state index in [1.807, 2.05) is 19.9 Å². The molecule has 0 amide bonds. The predicted molar refractivity (Wildman–Crippen MR) is 51.0 cm³/mol. The summed E-state index contributed by atoms with van der Waals surface area (Å²) < 4.78 is 0. The van der Waals surface area contributed by atoms with E-state index in [1.165, 1.54) is 0 Å². The van der Waals surface area contributed by atoms with Crippen LogP contribution < -0.4 is 0 Å². The zero-order valence-corrected chi connectivity index (χ0v) is 8.39. The topological polar surface area (TPSA) is 57.5 Å². The second-order valence-corrected chi connectivity index (χ2v) is 4.44. The lowest BCUT2D eigenvalue weighted by atomic mass is 10.1. The Hall–Kier alpha value is -0.870. The molecule has 1 heterocycles. The number of aliphatic hydroxyl groups excluding tert-OH is 1. The highest BCUT2D eigenvalue weighted by Gasteiger charge is 2.15. The average Bonchev–Trinajstić information content (AvgIpc) is 2.28. The van der Waals surface area contributed by atoms with Gasteiger partial charge in [-0.05, 0) is 25.5 Å². The number of carbonyl (C=O) groups is 1. The second kappa shape index (κ2) is 3.89. The summed E-state index contributed by atoms with van der Waals surface area (Å²) in [5.41, 5.74) is 0.741. The highest BCUT2D eigenvalue weighted by atomic mass is 32.1. The smallest absolute Gasteiger partial charge is 0.306 e. The van der Waals surface area contributed by atoms with Gasteiger partial charge < -0.3 is 10.2 Å². The standard InChI is InChI=1S/C9H12O3S/c1-5-3-7(6(2)13-5)8(10)4-9(11)12/h3,8,10H,4H2,1-2H3,(H,11,12)/t8-/m1/s1. The van der Waals surface area contributed by atoms with E-state index >= 15 is 0 Å². The van der Waals surface area contributed by atoms with E-state index in [2.05, 4.69) is 0 Å². The first-order valence-corrected chi connectivity index (χ1v) is 4.79. The SMILES string of the molecule is Cc1cc([C@H](O)CC(=O)O)c(C)s1. The van der Waals surface area contributed by atoms with E-state index in [4.69, 9.17) is 5.11 Å². The normalized spacial score (nSPS) is 12.8. The Morgan fingerprint density at radius 2 is 2.23 bits per heavy atom. The Morgan fingerprint density at radius 3 is 2.62 bits per heavy atom. The van der Waals surface area contributed by atoms with E-state index in [0.29, 0.717) is 0 Å². The van der Waals surface area contributed by atoms with Crippen molar-refractivity contribution >= 4 is 17.3 Å². The number of aliphatic carboxylic acids is 1. The lowest BCUT2D eigenvalue weighted by Gasteiger charge is -2.06. The third-order valence-electron chi connectivity index (χ3n) is 1.81. The maximum absolute atomic E-state index is 10.3. The van der Waals surface area contributed by atoms with Crippen LogP contribution in [0.4, 0.5) is 0 Å². The van der Waals surface area contributed by atoms with Gasteiger partial charge in [-0.1, -0.05) is 0 Å². The molecule has 0 unspecified atom stereocenters. The van der Waals surface area contributed by atoms with Crippen LogP contribution in [0.5, 0.6) is 0 Å². The first kappa shape index (κ1) is 10.2. The second-order valence-electron chi connectivity index (χ2n) is 2.98. The molecule has 4 heteroatoms. The molecule has 0 spiro atoms. The van der Waals surface area contributed by atoms with Gasteiger partial charge in [0.15, 0.2) is 0 Å². The van der Waals surface area contributed by atoms with Gasteiger partial charge in [0.1, 0.15) is 0 Å². The van der Waals surface area contributed by atoms with Gasteiger partial charge in [0.2, 0.25) is 0 Å². The Balaban J connectivity index is 2.81. The van der Waals surface area contributed by atoms with Crippen molar-refractivity contribution in [2.45, 2.75) is 26.4 Å². The summed E-state index contributed by atoms with van der Waals surface area (Å²) >= 11 is 1.57. The molecule has 13 heavy (non-hydrogen) atoms. The van der Waals surface area contributed by atoms with E-state index < -0.39 is 12.1 Å². The third kappa shape index (κ3) is 2.54. The first-order chi connectivity index (χ1) is 6.00. The molecule has 1 aromatic rings. The summed E-state index contributed by atoms with van der Waals surface area (Å²) in [7, 11) is 0. The van der Waals surface area contributed by atoms with Crippen molar-refractivity contribution in [3.63, 3.8) is 0 Å². The van der Waals surface area contributed by atoms with Crippen molar-refractivity contribution in [1.29, 1.82) is 0 Å². The Kier molecular flexibility index (Phi) is 3.06. The molecule has 1 aromatic heterocycles. The molecule has 3 nitrogen and oxygen atoms in total. The maximum Gasteiger partial charge on any atom is 0.306 e. The highest BCUT2D eigenvalue weighted by Crippen LogP contribution is 2.27. The van der Waals surface area contributed by atoms with E-state index in [-0.39, 0.29) is 6.42 Å². The fraction of sp³-hybridized carbons (Fsp3) is 0.444. The summed E-state index contributed by atoms with van der Waals surface area (Å²) in [4.78, 5) is 12.4. The van der Waals surface area contributed by atoms with E-state index in [0.717, 1.165) is 15.3 Å². The van der Waals surface area contributed by atoms with Crippen LogP contribution in [0.15, 0.2) is 6.07 Å². The van der Waals surface area contributed by atoms with Gasteiger partial charge in [-0.25, -0.2) is 0 Å². The van der Waals surface area contributed by atoms with Crippen LogP contribution in [0.2, 0.25) is 0 Å². The summed E-state index contributed by atoms with van der Waals surface area (Å²) in [5.74, 6) is -0.976. The number of carboxylic acid groups (broad SMARTS) is 1. The van der Waals surface area contributed by atoms with Crippen LogP contribution in [0.25, 0.3) is 0 Å². The van der Waals surface area contributed by atoms with Gasteiger partial charge in [0, 0.05) is 9.75 Å². The molecule has 0 aliphatic heterocycles. The van der Waals surface area contributed by atoms with Gasteiger partial charge in [-0.15, -0.1) is 11.3 Å². The van der Waals surface area contributed by atoms with Gasteiger partial charge in [-0.2, -0.15) is 0 Å². The highest BCUT2D eigenvalue weighted by molar-refractivity contribution is 7.12. The fourth-order valence-electron chi connectivity index (χ4n) is 1.26.